The van der Waals surface area contributed by atoms with Gasteiger partial charge < -0.3 is 15.8 Å². The zero-order chi connectivity index (χ0) is 14.8. The van der Waals surface area contributed by atoms with Crippen LogP contribution in [0.5, 0.6) is 0 Å². The molecule has 1 heterocycles. The molecule has 0 radical (unpaired) electrons. The van der Waals surface area contributed by atoms with Crippen molar-refractivity contribution in [2.24, 2.45) is 16.1 Å². The van der Waals surface area contributed by atoms with Crippen LogP contribution >= 0.6 is 47.2 Å². The maximum absolute atomic E-state index is 6.17. The van der Waals surface area contributed by atoms with Gasteiger partial charge in [-0.3, -0.25) is 4.99 Å². The molecule has 3 N–H and O–H groups in total. The van der Waals surface area contributed by atoms with E-state index in [-0.39, 0.29) is 35.4 Å². The van der Waals surface area contributed by atoms with Gasteiger partial charge in [0, 0.05) is 15.5 Å². The van der Waals surface area contributed by atoms with E-state index < -0.39 is 0 Å². The Labute approximate surface area is 152 Å². The molecule has 7 heteroatoms. The summed E-state index contributed by atoms with van der Waals surface area (Å²) in [6, 6.07) is 5.38. The Bertz CT molecular complexity index is 521. The fourth-order valence-electron chi connectivity index (χ4n) is 2.02. The van der Waals surface area contributed by atoms with E-state index in [1.807, 2.05) is 13.0 Å². The van der Waals surface area contributed by atoms with Crippen LogP contribution in [0, 0.1) is 5.41 Å². The highest BCUT2D eigenvalue weighted by Crippen LogP contribution is 2.27. The van der Waals surface area contributed by atoms with Crippen molar-refractivity contribution in [3.63, 3.8) is 0 Å². The highest BCUT2D eigenvalue weighted by molar-refractivity contribution is 14.0. The van der Waals surface area contributed by atoms with Gasteiger partial charge in [-0.05, 0) is 24.6 Å². The van der Waals surface area contributed by atoms with E-state index in [1.54, 1.807) is 12.1 Å². The first-order chi connectivity index (χ1) is 9.39. The fraction of sp³-hybridized carbons (Fsp3) is 0.500. The molecule has 1 aliphatic heterocycles. The minimum atomic E-state index is -0.0334. The average Bonchev–Trinajstić information content (AvgIpc) is 2.33. The molecule has 1 atom stereocenters. The Kier molecular flexibility index (Phi) is 7.03. The smallest absolute Gasteiger partial charge is 0.189 e. The predicted octanol–water partition coefficient (Wildman–Crippen LogP) is 3.61. The summed E-state index contributed by atoms with van der Waals surface area (Å²) in [5, 5.41) is 4.37. The van der Waals surface area contributed by atoms with Gasteiger partial charge in [0.05, 0.1) is 25.8 Å². The molecule has 0 spiro atoms. The van der Waals surface area contributed by atoms with Crippen LogP contribution in [0.1, 0.15) is 25.5 Å². The van der Waals surface area contributed by atoms with Gasteiger partial charge in [-0.15, -0.1) is 24.0 Å². The Hall–Kier alpha value is -0.240. The van der Waals surface area contributed by atoms with E-state index in [4.69, 9.17) is 33.7 Å². The van der Waals surface area contributed by atoms with Gasteiger partial charge in [-0.1, -0.05) is 36.2 Å². The highest BCUT2D eigenvalue weighted by Gasteiger charge is 2.33. The molecular formula is C14H20Cl2IN3O. The number of nitrogens with two attached hydrogens (primary N) is 1. The first-order valence-corrected chi connectivity index (χ1v) is 7.24. The van der Waals surface area contributed by atoms with Crippen molar-refractivity contribution in [1.29, 1.82) is 0 Å². The van der Waals surface area contributed by atoms with Crippen molar-refractivity contribution in [3.8, 4) is 0 Å². The zero-order valence-corrected chi connectivity index (χ0v) is 15.9. The molecule has 1 saturated heterocycles. The second-order valence-electron chi connectivity index (χ2n) is 5.54. The summed E-state index contributed by atoms with van der Waals surface area (Å²) in [6.07, 6.45) is 0. The number of rotatable bonds is 4. The molecule has 0 saturated carbocycles. The molecule has 4 nitrogen and oxygen atoms in total. The number of benzene rings is 1. The van der Waals surface area contributed by atoms with Crippen molar-refractivity contribution in [2.45, 2.75) is 19.9 Å². The number of hydrogen-bond acceptors (Lipinski definition) is 2. The van der Waals surface area contributed by atoms with E-state index in [9.17, 15) is 0 Å². The van der Waals surface area contributed by atoms with Gasteiger partial charge in [0.1, 0.15) is 0 Å². The normalized spacial score (nSPS) is 18.4. The van der Waals surface area contributed by atoms with Gasteiger partial charge >= 0.3 is 0 Å². The largest absolute Gasteiger partial charge is 0.380 e. The van der Waals surface area contributed by atoms with Gasteiger partial charge in [0.15, 0.2) is 5.96 Å². The maximum atomic E-state index is 6.17. The van der Waals surface area contributed by atoms with Crippen LogP contribution in [-0.2, 0) is 4.74 Å². The van der Waals surface area contributed by atoms with Crippen molar-refractivity contribution < 1.29 is 4.74 Å². The third kappa shape index (κ3) is 5.16. The lowest BCUT2D eigenvalue weighted by molar-refractivity contribution is -0.0945. The SMILES string of the molecule is CC(NC(N)=NCC1(C)COC1)c1ccc(Cl)cc1Cl.I. The second kappa shape index (κ2) is 7.85. The number of aliphatic imine (C=N–C) groups is 1. The lowest BCUT2D eigenvalue weighted by Crippen LogP contribution is -2.43. The Morgan fingerprint density at radius 3 is 2.67 bits per heavy atom. The number of halogens is 3. The van der Waals surface area contributed by atoms with Crippen molar-refractivity contribution in [1.82, 2.24) is 5.32 Å². The Morgan fingerprint density at radius 2 is 2.14 bits per heavy atom. The molecule has 1 aliphatic rings. The molecule has 1 unspecified atom stereocenters. The van der Waals surface area contributed by atoms with Crippen molar-refractivity contribution in [3.05, 3.63) is 33.8 Å². The number of guanidine groups is 1. The minimum absolute atomic E-state index is 0. The summed E-state index contributed by atoms with van der Waals surface area (Å²) < 4.78 is 5.19. The van der Waals surface area contributed by atoms with E-state index in [2.05, 4.69) is 17.2 Å². The number of nitrogens with one attached hydrogen (secondary N) is 1. The molecular weight excluding hydrogens is 424 g/mol. The third-order valence-corrected chi connectivity index (χ3v) is 3.89. The first kappa shape index (κ1) is 18.8. The van der Waals surface area contributed by atoms with Crippen LogP contribution in [0.25, 0.3) is 0 Å². The summed E-state index contributed by atoms with van der Waals surface area (Å²) in [7, 11) is 0. The molecule has 1 aromatic carbocycles. The third-order valence-electron chi connectivity index (χ3n) is 3.33. The summed E-state index contributed by atoms with van der Waals surface area (Å²) in [5.41, 5.74) is 6.96. The van der Waals surface area contributed by atoms with Gasteiger partial charge in [0.2, 0.25) is 0 Å². The Morgan fingerprint density at radius 1 is 1.48 bits per heavy atom. The second-order valence-corrected chi connectivity index (χ2v) is 6.38. The lowest BCUT2D eigenvalue weighted by Gasteiger charge is -2.36. The number of ether oxygens (including phenoxy) is 1. The molecule has 21 heavy (non-hydrogen) atoms. The minimum Gasteiger partial charge on any atom is -0.380 e. The molecule has 0 aliphatic carbocycles. The molecule has 1 fully saturated rings. The number of hydrogen-bond donors (Lipinski definition) is 2. The van der Waals surface area contributed by atoms with Gasteiger partial charge in [-0.2, -0.15) is 0 Å². The zero-order valence-electron chi connectivity index (χ0n) is 12.0. The van der Waals surface area contributed by atoms with E-state index in [0.717, 1.165) is 18.8 Å². The maximum Gasteiger partial charge on any atom is 0.189 e. The van der Waals surface area contributed by atoms with Crippen LogP contribution in [0.4, 0.5) is 0 Å². The van der Waals surface area contributed by atoms with Crippen LogP contribution in [0.2, 0.25) is 10.0 Å². The number of nitrogens with zero attached hydrogens (tertiary/aromatic N) is 1. The molecule has 0 bridgehead atoms. The molecule has 0 amide bonds. The lowest BCUT2D eigenvalue weighted by atomic mass is 9.89. The van der Waals surface area contributed by atoms with Crippen LogP contribution in [0.15, 0.2) is 23.2 Å². The van der Waals surface area contributed by atoms with E-state index >= 15 is 0 Å². The van der Waals surface area contributed by atoms with Gasteiger partial charge in [-0.25, -0.2) is 0 Å². The van der Waals surface area contributed by atoms with Crippen LogP contribution in [-0.4, -0.2) is 25.7 Å². The van der Waals surface area contributed by atoms with E-state index in [0.29, 0.717) is 22.5 Å². The highest BCUT2D eigenvalue weighted by atomic mass is 127. The summed E-state index contributed by atoms with van der Waals surface area (Å²) in [4.78, 5) is 4.36. The summed E-state index contributed by atoms with van der Waals surface area (Å²) in [6.45, 7) is 6.25. The first-order valence-electron chi connectivity index (χ1n) is 6.49. The standard InChI is InChI=1S/C14H19Cl2N3O.HI/c1-9(11-4-3-10(15)5-12(11)16)19-13(17)18-6-14(2)7-20-8-14;/h3-5,9H,6-8H2,1-2H3,(H3,17,18,19);1H. The van der Waals surface area contributed by atoms with E-state index in [1.165, 1.54) is 0 Å². The van der Waals surface area contributed by atoms with Crippen molar-refractivity contribution >= 4 is 53.1 Å². The molecule has 118 valence electrons. The van der Waals surface area contributed by atoms with Crippen molar-refractivity contribution in [2.75, 3.05) is 19.8 Å². The molecule has 0 aromatic heterocycles. The van der Waals surface area contributed by atoms with Crippen LogP contribution in [0.3, 0.4) is 0 Å². The predicted molar refractivity (Wildman–Crippen MR) is 98.8 cm³/mol. The van der Waals surface area contributed by atoms with Crippen LogP contribution < -0.4 is 11.1 Å². The summed E-state index contributed by atoms with van der Waals surface area (Å²) in [5.74, 6) is 0.414. The quantitative estimate of drug-likeness (QED) is 0.424. The monoisotopic (exact) mass is 443 g/mol. The molecule has 2 rings (SSSR count). The topological polar surface area (TPSA) is 59.6 Å². The average molecular weight is 444 g/mol. The fourth-order valence-corrected chi connectivity index (χ4v) is 2.59. The Balaban J connectivity index is 0.00000220. The molecule has 1 aromatic rings. The summed E-state index contributed by atoms with van der Waals surface area (Å²) >= 11 is 12.1. The van der Waals surface area contributed by atoms with Gasteiger partial charge in [0.25, 0.3) is 0 Å².